The van der Waals surface area contributed by atoms with Crippen LogP contribution >= 0.6 is 0 Å². The largest absolute Gasteiger partial charge is 0.306 e. The van der Waals surface area contributed by atoms with Gasteiger partial charge >= 0.3 is 0 Å². The number of benzene rings is 1. The van der Waals surface area contributed by atoms with Gasteiger partial charge in [0.1, 0.15) is 11.7 Å². The third-order valence-electron chi connectivity index (χ3n) is 1.90. The van der Waals surface area contributed by atoms with Gasteiger partial charge in [0.2, 0.25) is 0 Å². The Morgan fingerprint density at radius 3 is 3.00 bits per heavy atom. The molecule has 0 bridgehead atoms. The summed E-state index contributed by atoms with van der Waals surface area (Å²) in [6.07, 6.45) is 1.31. The monoisotopic (exact) mass is 174 g/mol. The fraction of sp³-hybridized carbons (Fsp3) is 0.111. The fourth-order valence-electron chi connectivity index (χ4n) is 1.21. The summed E-state index contributed by atoms with van der Waals surface area (Å²) < 4.78 is 1.64. The van der Waals surface area contributed by atoms with Crippen molar-refractivity contribution in [3.63, 3.8) is 0 Å². The molecule has 0 fully saturated rings. The van der Waals surface area contributed by atoms with Gasteiger partial charge in [-0.25, -0.2) is 4.68 Å². The number of nitrogens with zero attached hydrogens (tertiary/aromatic N) is 3. The Hall–Kier alpha value is -1.68. The molecule has 1 heterocycles. The Bertz CT molecular complexity index is 432. The topological polar surface area (TPSA) is 56.7 Å². The van der Waals surface area contributed by atoms with E-state index >= 15 is 0 Å². The van der Waals surface area contributed by atoms with Gasteiger partial charge in [-0.2, -0.15) is 0 Å². The molecule has 0 spiro atoms. The standard InChI is InChI=1S/C9H10N4/c1-2-9(10)13-8-6-4-3-5-7(8)11-12-13/h2-6,9H,1,10H2. The van der Waals surface area contributed by atoms with Gasteiger partial charge in [0.15, 0.2) is 0 Å². The number of hydrogen-bond acceptors (Lipinski definition) is 3. The normalized spacial score (nSPS) is 13.0. The van der Waals surface area contributed by atoms with Gasteiger partial charge < -0.3 is 5.73 Å². The molecule has 1 aromatic heterocycles. The molecule has 4 nitrogen and oxygen atoms in total. The van der Waals surface area contributed by atoms with Crippen molar-refractivity contribution in [1.82, 2.24) is 15.0 Å². The van der Waals surface area contributed by atoms with E-state index in [0.29, 0.717) is 0 Å². The van der Waals surface area contributed by atoms with E-state index in [1.54, 1.807) is 10.8 Å². The number of rotatable bonds is 2. The zero-order valence-corrected chi connectivity index (χ0v) is 7.09. The smallest absolute Gasteiger partial charge is 0.120 e. The number of hydrogen-bond donors (Lipinski definition) is 1. The minimum atomic E-state index is -0.313. The summed E-state index contributed by atoms with van der Waals surface area (Å²) in [6.45, 7) is 3.61. The van der Waals surface area contributed by atoms with Gasteiger partial charge in [-0.1, -0.05) is 30.0 Å². The van der Waals surface area contributed by atoms with Crippen LogP contribution in [0.2, 0.25) is 0 Å². The summed E-state index contributed by atoms with van der Waals surface area (Å²) in [5, 5.41) is 7.91. The molecule has 0 aliphatic carbocycles. The lowest BCUT2D eigenvalue weighted by Gasteiger charge is -2.05. The van der Waals surface area contributed by atoms with Crippen LogP contribution in [0.25, 0.3) is 11.0 Å². The first-order valence-corrected chi connectivity index (χ1v) is 4.01. The van der Waals surface area contributed by atoms with Crippen LogP contribution in [0.15, 0.2) is 36.9 Å². The van der Waals surface area contributed by atoms with Crippen molar-refractivity contribution in [2.75, 3.05) is 0 Å². The van der Waals surface area contributed by atoms with Gasteiger partial charge in [0, 0.05) is 0 Å². The Morgan fingerprint density at radius 2 is 2.23 bits per heavy atom. The highest BCUT2D eigenvalue weighted by Crippen LogP contribution is 2.12. The average molecular weight is 174 g/mol. The van der Waals surface area contributed by atoms with E-state index in [0.717, 1.165) is 11.0 Å². The number of nitrogens with two attached hydrogens (primary N) is 1. The third-order valence-corrected chi connectivity index (χ3v) is 1.90. The van der Waals surface area contributed by atoms with Crippen LogP contribution in [0.4, 0.5) is 0 Å². The van der Waals surface area contributed by atoms with E-state index in [1.165, 1.54) is 0 Å². The molecule has 0 amide bonds. The molecule has 0 saturated heterocycles. The van der Waals surface area contributed by atoms with Gasteiger partial charge in [0.05, 0.1) is 5.52 Å². The summed E-state index contributed by atoms with van der Waals surface area (Å²) in [5.74, 6) is 0. The highest BCUT2D eigenvalue weighted by Gasteiger charge is 2.06. The van der Waals surface area contributed by atoms with E-state index in [2.05, 4.69) is 16.9 Å². The van der Waals surface area contributed by atoms with Crippen LogP contribution in [-0.2, 0) is 0 Å². The van der Waals surface area contributed by atoms with Crippen molar-refractivity contribution in [3.8, 4) is 0 Å². The number of aromatic nitrogens is 3. The van der Waals surface area contributed by atoms with Crippen LogP contribution < -0.4 is 5.73 Å². The van der Waals surface area contributed by atoms with Crippen molar-refractivity contribution in [2.45, 2.75) is 6.17 Å². The minimum Gasteiger partial charge on any atom is -0.306 e. The molecular weight excluding hydrogens is 164 g/mol. The van der Waals surface area contributed by atoms with Crippen LogP contribution in [0.1, 0.15) is 6.17 Å². The molecule has 13 heavy (non-hydrogen) atoms. The third kappa shape index (κ3) is 1.21. The predicted molar refractivity (Wildman–Crippen MR) is 50.9 cm³/mol. The number of fused-ring (bicyclic) bond motifs is 1. The molecule has 66 valence electrons. The maximum Gasteiger partial charge on any atom is 0.120 e. The quantitative estimate of drug-likeness (QED) is 0.693. The Kier molecular flexibility index (Phi) is 1.83. The highest BCUT2D eigenvalue weighted by molar-refractivity contribution is 5.74. The van der Waals surface area contributed by atoms with E-state index in [4.69, 9.17) is 5.73 Å². The van der Waals surface area contributed by atoms with Crippen LogP contribution in [0, 0.1) is 0 Å². The molecule has 0 aliphatic rings. The molecular formula is C9H10N4. The summed E-state index contributed by atoms with van der Waals surface area (Å²) in [4.78, 5) is 0. The van der Waals surface area contributed by atoms with Crippen molar-refractivity contribution < 1.29 is 0 Å². The lowest BCUT2D eigenvalue weighted by atomic mass is 10.3. The zero-order chi connectivity index (χ0) is 9.26. The van der Waals surface area contributed by atoms with Gasteiger partial charge in [0.25, 0.3) is 0 Å². The lowest BCUT2D eigenvalue weighted by Crippen LogP contribution is -2.16. The van der Waals surface area contributed by atoms with E-state index in [9.17, 15) is 0 Å². The van der Waals surface area contributed by atoms with Crippen molar-refractivity contribution >= 4 is 11.0 Å². The Morgan fingerprint density at radius 1 is 1.46 bits per heavy atom. The Labute approximate surface area is 75.7 Å². The molecule has 4 heteroatoms. The van der Waals surface area contributed by atoms with Crippen molar-refractivity contribution in [2.24, 2.45) is 5.73 Å². The molecule has 2 N–H and O–H groups in total. The molecule has 0 aliphatic heterocycles. The second-order valence-corrected chi connectivity index (χ2v) is 2.75. The lowest BCUT2D eigenvalue weighted by molar-refractivity contribution is 0.555. The van der Waals surface area contributed by atoms with Gasteiger partial charge in [-0.05, 0) is 12.1 Å². The Balaban J connectivity index is 2.64. The highest BCUT2D eigenvalue weighted by atomic mass is 15.5. The molecule has 2 rings (SSSR count). The maximum absolute atomic E-state index is 5.75. The summed E-state index contributed by atoms with van der Waals surface area (Å²) in [5.41, 5.74) is 7.52. The first-order chi connectivity index (χ1) is 6.33. The molecule has 0 saturated carbocycles. The summed E-state index contributed by atoms with van der Waals surface area (Å²) in [6, 6.07) is 7.67. The van der Waals surface area contributed by atoms with E-state index < -0.39 is 0 Å². The van der Waals surface area contributed by atoms with E-state index in [-0.39, 0.29) is 6.17 Å². The maximum atomic E-state index is 5.75. The first kappa shape index (κ1) is 7.94. The SMILES string of the molecule is C=CC(N)n1nnc2ccccc21. The molecule has 1 atom stereocenters. The van der Waals surface area contributed by atoms with Crippen molar-refractivity contribution in [3.05, 3.63) is 36.9 Å². The van der Waals surface area contributed by atoms with Crippen LogP contribution in [0.5, 0.6) is 0 Å². The molecule has 1 unspecified atom stereocenters. The fourth-order valence-corrected chi connectivity index (χ4v) is 1.21. The predicted octanol–water partition coefficient (Wildman–Crippen LogP) is 1.07. The van der Waals surface area contributed by atoms with Crippen LogP contribution in [0.3, 0.4) is 0 Å². The second kappa shape index (κ2) is 2.99. The second-order valence-electron chi connectivity index (χ2n) is 2.75. The first-order valence-electron chi connectivity index (χ1n) is 4.01. The average Bonchev–Trinajstić information content (AvgIpc) is 2.60. The summed E-state index contributed by atoms with van der Waals surface area (Å²) in [7, 11) is 0. The minimum absolute atomic E-state index is 0.313. The van der Waals surface area contributed by atoms with Gasteiger partial charge in [-0.3, -0.25) is 0 Å². The molecule has 0 radical (unpaired) electrons. The molecule has 2 aromatic rings. The van der Waals surface area contributed by atoms with Crippen LogP contribution in [-0.4, -0.2) is 15.0 Å². The van der Waals surface area contributed by atoms with E-state index in [1.807, 2.05) is 24.3 Å². The summed E-state index contributed by atoms with van der Waals surface area (Å²) >= 11 is 0. The van der Waals surface area contributed by atoms with Crippen molar-refractivity contribution in [1.29, 1.82) is 0 Å². The van der Waals surface area contributed by atoms with Gasteiger partial charge in [-0.15, -0.1) is 5.10 Å². The zero-order valence-electron chi connectivity index (χ0n) is 7.09. The molecule has 1 aromatic carbocycles. The number of para-hydroxylation sites is 1.